The molecule has 1 aromatic rings. The topological polar surface area (TPSA) is 77.1 Å². The normalized spacial score (nSPS) is 14.3. The summed E-state index contributed by atoms with van der Waals surface area (Å²) in [6, 6.07) is 3.29. The van der Waals surface area contributed by atoms with Crippen LogP contribution in [0.2, 0.25) is 5.15 Å². The molecular formula is C9H8BrClN2O2. The van der Waals surface area contributed by atoms with Gasteiger partial charge in [-0.15, -0.1) is 0 Å². The SMILES string of the molecule is N#Cc1cnc(Cl)c(C(O)C(O)CBr)c1. The van der Waals surface area contributed by atoms with Crippen molar-refractivity contribution in [1.82, 2.24) is 4.98 Å². The van der Waals surface area contributed by atoms with E-state index in [1.807, 2.05) is 6.07 Å². The first-order valence-electron chi connectivity index (χ1n) is 4.07. The van der Waals surface area contributed by atoms with E-state index in [2.05, 4.69) is 20.9 Å². The Labute approximate surface area is 100 Å². The van der Waals surface area contributed by atoms with E-state index >= 15 is 0 Å². The monoisotopic (exact) mass is 290 g/mol. The molecule has 6 heteroatoms. The number of halogens is 2. The van der Waals surface area contributed by atoms with Crippen molar-refractivity contribution in [2.75, 3.05) is 5.33 Å². The Bertz CT molecular complexity index is 394. The lowest BCUT2D eigenvalue weighted by Gasteiger charge is -2.16. The number of aliphatic hydroxyl groups is 2. The Hall–Kier alpha value is -0.670. The molecule has 0 aromatic carbocycles. The number of hydrogen-bond acceptors (Lipinski definition) is 4. The second-order valence-corrected chi connectivity index (χ2v) is 3.89. The van der Waals surface area contributed by atoms with Crippen LogP contribution in [0.25, 0.3) is 0 Å². The third-order valence-electron chi connectivity index (χ3n) is 1.84. The number of pyridine rings is 1. The highest BCUT2D eigenvalue weighted by molar-refractivity contribution is 9.09. The van der Waals surface area contributed by atoms with Crippen molar-refractivity contribution >= 4 is 27.5 Å². The predicted octanol–water partition coefficient (Wildman–Crippen LogP) is 1.40. The van der Waals surface area contributed by atoms with Crippen molar-refractivity contribution in [1.29, 1.82) is 5.26 Å². The lowest BCUT2D eigenvalue weighted by atomic mass is 10.1. The van der Waals surface area contributed by atoms with Gasteiger partial charge in [-0.05, 0) is 6.07 Å². The molecule has 1 aromatic heterocycles. The van der Waals surface area contributed by atoms with E-state index < -0.39 is 12.2 Å². The van der Waals surface area contributed by atoms with Crippen LogP contribution in [-0.2, 0) is 0 Å². The quantitative estimate of drug-likeness (QED) is 0.652. The Balaban J connectivity index is 3.07. The molecule has 0 radical (unpaired) electrons. The second kappa shape index (κ2) is 5.42. The summed E-state index contributed by atoms with van der Waals surface area (Å²) in [5.41, 5.74) is 0.540. The minimum absolute atomic E-state index is 0.0847. The van der Waals surface area contributed by atoms with Crippen LogP contribution in [0, 0.1) is 11.3 Å². The van der Waals surface area contributed by atoms with E-state index in [0.717, 1.165) is 0 Å². The summed E-state index contributed by atoms with van der Waals surface area (Å²) < 4.78 is 0. The number of nitrogens with zero attached hydrogens (tertiary/aromatic N) is 2. The summed E-state index contributed by atoms with van der Waals surface area (Å²) in [6.45, 7) is 0. The van der Waals surface area contributed by atoms with Crippen LogP contribution in [-0.4, -0.2) is 26.6 Å². The minimum Gasteiger partial charge on any atom is -0.389 e. The maximum Gasteiger partial charge on any atom is 0.134 e. The molecule has 0 aliphatic heterocycles. The predicted molar refractivity (Wildman–Crippen MR) is 58.7 cm³/mol. The van der Waals surface area contributed by atoms with Gasteiger partial charge in [0.25, 0.3) is 0 Å². The Kier molecular flexibility index (Phi) is 4.48. The maximum absolute atomic E-state index is 9.68. The molecule has 0 saturated carbocycles. The van der Waals surface area contributed by atoms with Crippen molar-refractivity contribution in [2.24, 2.45) is 0 Å². The van der Waals surface area contributed by atoms with Crippen LogP contribution >= 0.6 is 27.5 Å². The van der Waals surface area contributed by atoms with Crippen LogP contribution in [0.3, 0.4) is 0 Å². The molecule has 2 atom stereocenters. The zero-order valence-corrected chi connectivity index (χ0v) is 9.90. The van der Waals surface area contributed by atoms with Gasteiger partial charge in [-0.1, -0.05) is 27.5 Å². The first-order valence-corrected chi connectivity index (χ1v) is 5.57. The van der Waals surface area contributed by atoms with Gasteiger partial charge in [0, 0.05) is 17.1 Å². The van der Waals surface area contributed by atoms with E-state index in [9.17, 15) is 10.2 Å². The fourth-order valence-corrected chi connectivity index (χ4v) is 1.59. The second-order valence-electron chi connectivity index (χ2n) is 2.88. The number of alkyl halides is 1. The van der Waals surface area contributed by atoms with E-state index in [4.69, 9.17) is 16.9 Å². The molecule has 15 heavy (non-hydrogen) atoms. The molecule has 2 N–H and O–H groups in total. The summed E-state index contributed by atoms with van der Waals surface area (Å²) in [6.07, 6.45) is -0.838. The number of aromatic nitrogens is 1. The van der Waals surface area contributed by atoms with Gasteiger partial charge < -0.3 is 10.2 Å². The van der Waals surface area contributed by atoms with Crippen LogP contribution in [0.4, 0.5) is 0 Å². The fraction of sp³-hybridized carbons (Fsp3) is 0.333. The average molecular weight is 292 g/mol. The van der Waals surface area contributed by atoms with Gasteiger partial charge in [-0.3, -0.25) is 0 Å². The Morgan fingerprint density at radius 1 is 1.60 bits per heavy atom. The highest BCUT2D eigenvalue weighted by Gasteiger charge is 2.20. The molecule has 0 aliphatic rings. The van der Waals surface area contributed by atoms with Gasteiger partial charge in [0.1, 0.15) is 17.3 Å². The maximum atomic E-state index is 9.68. The lowest BCUT2D eigenvalue weighted by molar-refractivity contribution is 0.0341. The molecule has 0 saturated heterocycles. The first-order chi connectivity index (χ1) is 7.10. The summed E-state index contributed by atoms with van der Waals surface area (Å²) >= 11 is 8.78. The van der Waals surface area contributed by atoms with Crippen molar-refractivity contribution in [3.05, 3.63) is 28.5 Å². The molecule has 1 heterocycles. The highest BCUT2D eigenvalue weighted by atomic mass is 79.9. The molecule has 80 valence electrons. The van der Waals surface area contributed by atoms with Crippen LogP contribution in [0.15, 0.2) is 12.3 Å². The van der Waals surface area contributed by atoms with Gasteiger partial charge >= 0.3 is 0 Å². The lowest BCUT2D eigenvalue weighted by Crippen LogP contribution is -2.20. The first kappa shape index (κ1) is 12.4. The summed E-state index contributed by atoms with van der Waals surface area (Å²) in [5.74, 6) is 0. The molecule has 0 aliphatic carbocycles. The van der Waals surface area contributed by atoms with E-state index in [0.29, 0.717) is 0 Å². The van der Waals surface area contributed by atoms with E-state index in [-0.39, 0.29) is 21.6 Å². The third-order valence-corrected chi connectivity index (χ3v) is 2.82. The van der Waals surface area contributed by atoms with Crippen molar-refractivity contribution in [2.45, 2.75) is 12.2 Å². The molecule has 1 rings (SSSR count). The van der Waals surface area contributed by atoms with Gasteiger partial charge in [0.2, 0.25) is 0 Å². The average Bonchev–Trinajstić information content (AvgIpc) is 2.27. The number of aliphatic hydroxyl groups excluding tert-OH is 2. The summed E-state index contributed by atoms with van der Waals surface area (Å²) in [5, 5.41) is 28.0. The van der Waals surface area contributed by atoms with Crippen LogP contribution in [0.1, 0.15) is 17.2 Å². The Morgan fingerprint density at radius 3 is 2.80 bits per heavy atom. The van der Waals surface area contributed by atoms with Crippen LogP contribution < -0.4 is 0 Å². The van der Waals surface area contributed by atoms with Crippen molar-refractivity contribution in [3.8, 4) is 6.07 Å². The number of hydrogen-bond donors (Lipinski definition) is 2. The fourth-order valence-electron chi connectivity index (χ4n) is 1.03. The van der Waals surface area contributed by atoms with Gasteiger partial charge in [-0.25, -0.2) is 4.98 Å². The largest absolute Gasteiger partial charge is 0.389 e. The molecule has 0 fully saturated rings. The molecule has 0 spiro atoms. The summed E-state index contributed by atoms with van der Waals surface area (Å²) in [4.78, 5) is 3.74. The molecule has 0 amide bonds. The highest BCUT2D eigenvalue weighted by Crippen LogP contribution is 2.25. The number of rotatable bonds is 3. The zero-order chi connectivity index (χ0) is 11.4. The Morgan fingerprint density at radius 2 is 2.27 bits per heavy atom. The molecular weight excluding hydrogens is 283 g/mol. The summed E-state index contributed by atoms with van der Waals surface area (Å²) in [7, 11) is 0. The number of nitriles is 1. The van der Waals surface area contributed by atoms with Crippen molar-refractivity contribution < 1.29 is 10.2 Å². The molecule has 0 bridgehead atoms. The van der Waals surface area contributed by atoms with Gasteiger partial charge in [0.05, 0.1) is 11.7 Å². The van der Waals surface area contributed by atoms with Crippen LogP contribution in [0.5, 0.6) is 0 Å². The van der Waals surface area contributed by atoms with Gasteiger partial charge in [0.15, 0.2) is 0 Å². The van der Waals surface area contributed by atoms with E-state index in [1.165, 1.54) is 12.3 Å². The van der Waals surface area contributed by atoms with Gasteiger partial charge in [-0.2, -0.15) is 5.26 Å². The molecule has 4 nitrogen and oxygen atoms in total. The third kappa shape index (κ3) is 2.89. The zero-order valence-electron chi connectivity index (χ0n) is 7.56. The molecule has 2 unspecified atom stereocenters. The smallest absolute Gasteiger partial charge is 0.134 e. The standard InChI is InChI=1S/C9H8BrClN2O2/c10-2-7(14)8(15)6-1-5(3-12)4-13-9(6)11/h1,4,7-8,14-15H,2H2. The van der Waals surface area contributed by atoms with E-state index in [1.54, 1.807) is 0 Å². The minimum atomic E-state index is -1.15. The van der Waals surface area contributed by atoms with Crippen molar-refractivity contribution in [3.63, 3.8) is 0 Å².